The van der Waals surface area contributed by atoms with Gasteiger partial charge in [0.1, 0.15) is 0 Å². The van der Waals surface area contributed by atoms with Gasteiger partial charge in [-0.3, -0.25) is 0 Å². The summed E-state index contributed by atoms with van der Waals surface area (Å²) in [6.07, 6.45) is -20.6. The standard InChI is InChI=1S/C20H16F12N2/c21-17(22,23)15(18(24,25)26)11-7-3-1-5-9-13(11)33-16(19(27,28)29,20(30,31)32)12-8-4-2-6-10-14(12)34(15)33/h1-6,9-14H,7-8H2. The van der Waals surface area contributed by atoms with Crippen molar-refractivity contribution in [1.29, 1.82) is 0 Å². The van der Waals surface area contributed by atoms with Crippen molar-refractivity contribution in [3.8, 4) is 0 Å². The molecular weight excluding hydrogens is 496 g/mol. The van der Waals surface area contributed by atoms with E-state index in [-0.39, 0.29) is 0 Å². The molecule has 2 nitrogen and oxygen atoms in total. The van der Waals surface area contributed by atoms with Crippen LogP contribution in [0.25, 0.3) is 0 Å². The SMILES string of the molecule is FC(F)(F)C1(C(F)(F)F)C2CC=CC=CC2N2N1C1C=CC=CCC1C2(C(F)(F)F)C(F)(F)F. The van der Waals surface area contributed by atoms with Gasteiger partial charge in [0.05, 0.1) is 0 Å². The van der Waals surface area contributed by atoms with E-state index in [1.165, 1.54) is 0 Å². The number of hydrogen-bond donors (Lipinski definition) is 0. The van der Waals surface area contributed by atoms with Crippen molar-refractivity contribution in [2.45, 2.75) is 60.7 Å². The third-order valence-electron chi connectivity index (χ3n) is 7.04. The Hall–Kier alpha value is -1.96. The molecule has 0 spiro atoms. The Balaban J connectivity index is 2.17. The fourth-order valence-electron chi connectivity index (χ4n) is 5.97. The summed E-state index contributed by atoms with van der Waals surface area (Å²) in [4.78, 5) is 0. The maximum absolute atomic E-state index is 14.5. The van der Waals surface area contributed by atoms with Gasteiger partial charge in [-0.15, -0.1) is 0 Å². The first kappa shape index (κ1) is 25.1. The molecule has 0 amide bonds. The van der Waals surface area contributed by atoms with Gasteiger partial charge in [-0.25, -0.2) is 10.0 Å². The van der Waals surface area contributed by atoms with Gasteiger partial charge in [-0.05, 0) is 12.8 Å². The van der Waals surface area contributed by atoms with Gasteiger partial charge >= 0.3 is 24.7 Å². The van der Waals surface area contributed by atoms with Crippen LogP contribution in [0.1, 0.15) is 12.8 Å². The number of allylic oxidation sites excluding steroid dienone is 6. The molecule has 4 rings (SSSR count). The number of hydrogen-bond acceptors (Lipinski definition) is 2. The van der Waals surface area contributed by atoms with Gasteiger partial charge < -0.3 is 0 Å². The monoisotopic (exact) mass is 512 g/mol. The Bertz CT molecular complexity index is 829. The lowest BCUT2D eigenvalue weighted by Crippen LogP contribution is -2.72. The number of nitrogens with zero attached hydrogens (tertiary/aromatic N) is 2. The predicted octanol–water partition coefficient (Wildman–Crippen LogP) is 6.26. The number of hydrazine groups is 1. The molecule has 4 aliphatic rings. The second kappa shape index (κ2) is 7.28. The molecule has 0 aromatic carbocycles. The molecule has 4 unspecified atom stereocenters. The predicted molar refractivity (Wildman–Crippen MR) is 93.7 cm³/mol. The van der Waals surface area contributed by atoms with E-state index in [1.807, 2.05) is 0 Å². The van der Waals surface area contributed by atoms with E-state index >= 15 is 0 Å². The normalized spacial score (nSPS) is 33.4. The van der Waals surface area contributed by atoms with E-state index < -0.39 is 82.6 Å². The molecule has 0 bridgehead atoms. The summed E-state index contributed by atoms with van der Waals surface area (Å²) in [5.41, 5.74) is -10.0. The minimum absolute atomic E-state index is 0.553. The zero-order valence-corrected chi connectivity index (χ0v) is 16.8. The molecule has 0 saturated carbocycles. The van der Waals surface area contributed by atoms with Crippen molar-refractivity contribution in [3.63, 3.8) is 0 Å². The van der Waals surface area contributed by atoms with E-state index in [2.05, 4.69) is 0 Å². The van der Waals surface area contributed by atoms with Crippen LogP contribution in [-0.2, 0) is 0 Å². The molecule has 0 radical (unpaired) electrons. The largest absolute Gasteiger partial charge is 0.417 e. The Kier molecular flexibility index (Phi) is 5.38. The molecule has 34 heavy (non-hydrogen) atoms. The summed E-state index contributed by atoms with van der Waals surface area (Å²) in [5, 5.41) is -1.41. The molecule has 0 aromatic rings. The molecular formula is C20H16F12N2. The van der Waals surface area contributed by atoms with Crippen molar-refractivity contribution in [2.24, 2.45) is 11.8 Å². The number of rotatable bonds is 0. The third-order valence-corrected chi connectivity index (χ3v) is 7.04. The highest BCUT2D eigenvalue weighted by Crippen LogP contribution is 2.69. The Morgan fingerprint density at radius 3 is 1.06 bits per heavy atom. The molecule has 2 aliphatic heterocycles. The molecule has 0 aromatic heterocycles. The van der Waals surface area contributed by atoms with Crippen molar-refractivity contribution >= 4 is 0 Å². The van der Waals surface area contributed by atoms with Gasteiger partial charge in [-0.1, -0.05) is 48.6 Å². The van der Waals surface area contributed by atoms with Crippen LogP contribution >= 0.6 is 0 Å². The van der Waals surface area contributed by atoms with Crippen LogP contribution in [0.2, 0.25) is 0 Å². The maximum Gasteiger partial charge on any atom is 0.417 e. The summed E-state index contributed by atoms with van der Waals surface area (Å²) in [5.74, 6) is -5.45. The van der Waals surface area contributed by atoms with Crippen molar-refractivity contribution in [3.05, 3.63) is 48.6 Å². The lowest BCUT2D eigenvalue weighted by atomic mass is 9.71. The van der Waals surface area contributed by atoms with Crippen LogP contribution in [-0.4, -0.2) is 57.9 Å². The Morgan fingerprint density at radius 2 is 0.794 bits per heavy atom. The number of alkyl halides is 12. The highest BCUT2D eigenvalue weighted by atomic mass is 19.4. The summed E-state index contributed by atoms with van der Waals surface area (Å²) in [7, 11) is 0. The fraction of sp³-hybridized carbons (Fsp3) is 0.600. The van der Waals surface area contributed by atoms with Gasteiger partial charge in [0.15, 0.2) is 0 Å². The molecule has 2 fully saturated rings. The average molecular weight is 512 g/mol. The van der Waals surface area contributed by atoms with Crippen LogP contribution in [0.3, 0.4) is 0 Å². The van der Waals surface area contributed by atoms with Gasteiger partial charge in [0.2, 0.25) is 11.1 Å². The van der Waals surface area contributed by atoms with E-state index in [9.17, 15) is 52.7 Å². The third kappa shape index (κ3) is 2.86. The summed E-state index contributed by atoms with van der Waals surface area (Å²) < 4.78 is 174. The van der Waals surface area contributed by atoms with Gasteiger partial charge in [0.25, 0.3) is 0 Å². The van der Waals surface area contributed by atoms with Crippen LogP contribution in [0.15, 0.2) is 48.6 Å². The lowest BCUT2D eigenvalue weighted by molar-refractivity contribution is -0.387. The molecule has 190 valence electrons. The molecule has 0 N–H and O–H groups in total. The highest BCUT2D eigenvalue weighted by molar-refractivity contribution is 5.34. The second-order valence-electron chi connectivity index (χ2n) is 8.50. The minimum atomic E-state index is -6.26. The first-order chi connectivity index (χ1) is 15.5. The maximum atomic E-state index is 14.5. The number of halogens is 12. The van der Waals surface area contributed by atoms with E-state index in [1.54, 1.807) is 0 Å². The van der Waals surface area contributed by atoms with Crippen molar-refractivity contribution < 1.29 is 52.7 Å². The molecule has 14 heteroatoms. The van der Waals surface area contributed by atoms with Gasteiger partial charge in [-0.2, -0.15) is 52.7 Å². The fourth-order valence-corrected chi connectivity index (χ4v) is 5.97. The van der Waals surface area contributed by atoms with Crippen molar-refractivity contribution in [1.82, 2.24) is 10.0 Å². The van der Waals surface area contributed by atoms with Crippen LogP contribution in [0, 0.1) is 11.8 Å². The van der Waals surface area contributed by atoms with Crippen LogP contribution < -0.4 is 0 Å². The van der Waals surface area contributed by atoms with E-state index in [0.29, 0.717) is 12.2 Å². The van der Waals surface area contributed by atoms with Crippen LogP contribution in [0.5, 0.6) is 0 Å². The Morgan fingerprint density at radius 1 is 0.500 bits per heavy atom. The zero-order chi connectivity index (χ0) is 25.5. The first-order valence-corrected chi connectivity index (χ1v) is 9.98. The van der Waals surface area contributed by atoms with Gasteiger partial charge in [0, 0.05) is 23.9 Å². The molecule has 2 heterocycles. The van der Waals surface area contributed by atoms with Crippen molar-refractivity contribution in [2.75, 3.05) is 0 Å². The van der Waals surface area contributed by atoms with E-state index in [4.69, 9.17) is 0 Å². The minimum Gasteiger partial charge on any atom is -0.209 e. The summed E-state index contributed by atoms with van der Waals surface area (Å²) in [6, 6.07) is -4.99. The average Bonchev–Trinajstić information content (AvgIpc) is 2.86. The molecule has 4 atom stereocenters. The lowest BCUT2D eigenvalue weighted by Gasteiger charge is -2.46. The molecule has 2 aliphatic carbocycles. The second-order valence-corrected chi connectivity index (χ2v) is 8.50. The molecule has 2 saturated heterocycles. The topological polar surface area (TPSA) is 6.48 Å². The zero-order valence-electron chi connectivity index (χ0n) is 16.8. The van der Waals surface area contributed by atoms with Crippen LogP contribution in [0.4, 0.5) is 52.7 Å². The summed E-state index contributed by atoms with van der Waals surface area (Å²) in [6.45, 7) is 0. The summed E-state index contributed by atoms with van der Waals surface area (Å²) >= 11 is 0. The quantitative estimate of drug-likeness (QED) is 0.354. The number of fused-ring (bicyclic) bond motifs is 5. The van der Waals surface area contributed by atoms with E-state index in [0.717, 1.165) is 36.5 Å². The Labute approximate surface area is 184 Å². The highest BCUT2D eigenvalue weighted by Gasteiger charge is 2.92. The first-order valence-electron chi connectivity index (χ1n) is 9.98. The smallest absolute Gasteiger partial charge is 0.209 e.